The van der Waals surface area contributed by atoms with Gasteiger partial charge in [-0.15, -0.1) is 0 Å². The lowest BCUT2D eigenvalue weighted by Gasteiger charge is -2.33. The number of benzene rings is 1. The van der Waals surface area contributed by atoms with Crippen LogP contribution < -0.4 is 5.32 Å². The Hall–Kier alpha value is -1.35. The smallest absolute Gasteiger partial charge is 0.238 e. The fourth-order valence-corrected chi connectivity index (χ4v) is 2.23. The van der Waals surface area contributed by atoms with Crippen LogP contribution in [0.1, 0.15) is 38.9 Å². The molecule has 1 amide bonds. The van der Waals surface area contributed by atoms with Crippen LogP contribution in [-0.4, -0.2) is 23.9 Å². The van der Waals surface area contributed by atoms with Gasteiger partial charge in [-0.1, -0.05) is 51.1 Å². The molecule has 2 rings (SSSR count). The third-order valence-corrected chi connectivity index (χ3v) is 3.75. The third kappa shape index (κ3) is 2.72. The summed E-state index contributed by atoms with van der Waals surface area (Å²) in [5.41, 5.74) is 1.32. The van der Waals surface area contributed by atoms with E-state index in [0.717, 1.165) is 18.5 Å². The average molecular weight is 246 g/mol. The van der Waals surface area contributed by atoms with Gasteiger partial charge in [-0.3, -0.25) is 10.1 Å². The predicted molar refractivity (Wildman–Crippen MR) is 73.0 cm³/mol. The minimum Gasteiger partial charge on any atom is -0.321 e. The van der Waals surface area contributed by atoms with E-state index in [2.05, 4.69) is 38.2 Å². The molecule has 98 valence electrons. The van der Waals surface area contributed by atoms with Crippen molar-refractivity contribution >= 4 is 5.91 Å². The maximum absolute atomic E-state index is 12.0. The number of carbonyl (C=O) groups is 1. The lowest BCUT2D eigenvalue weighted by atomic mass is 9.89. The van der Waals surface area contributed by atoms with Crippen molar-refractivity contribution < 1.29 is 4.79 Å². The van der Waals surface area contributed by atoms with Crippen molar-refractivity contribution in [2.75, 3.05) is 13.1 Å². The number of hydrogen-bond donors (Lipinski definition) is 1. The second-order valence-corrected chi connectivity index (χ2v) is 5.73. The molecular weight excluding hydrogens is 224 g/mol. The molecule has 1 aromatic rings. The molecule has 1 atom stereocenters. The van der Waals surface area contributed by atoms with Gasteiger partial charge in [0.1, 0.15) is 6.17 Å². The lowest BCUT2D eigenvalue weighted by Crippen LogP contribution is -2.38. The van der Waals surface area contributed by atoms with Gasteiger partial charge in [0.15, 0.2) is 0 Å². The second-order valence-electron chi connectivity index (χ2n) is 5.73. The van der Waals surface area contributed by atoms with Gasteiger partial charge in [-0.2, -0.15) is 0 Å². The summed E-state index contributed by atoms with van der Waals surface area (Å²) in [6.07, 6.45) is 1.10. The molecule has 0 spiro atoms. The second kappa shape index (κ2) is 5.11. The van der Waals surface area contributed by atoms with E-state index in [9.17, 15) is 4.79 Å². The molecule has 1 unspecified atom stereocenters. The molecule has 3 nitrogen and oxygen atoms in total. The van der Waals surface area contributed by atoms with E-state index >= 15 is 0 Å². The predicted octanol–water partition coefficient (Wildman–Crippen LogP) is 2.55. The van der Waals surface area contributed by atoms with Gasteiger partial charge in [-0.05, 0) is 17.4 Å². The van der Waals surface area contributed by atoms with E-state index in [1.807, 2.05) is 23.1 Å². The number of nitrogens with zero attached hydrogens (tertiary/aromatic N) is 1. The summed E-state index contributed by atoms with van der Waals surface area (Å²) >= 11 is 0. The van der Waals surface area contributed by atoms with Crippen LogP contribution in [-0.2, 0) is 4.79 Å². The maximum atomic E-state index is 12.0. The van der Waals surface area contributed by atoms with Gasteiger partial charge in [0.25, 0.3) is 0 Å². The quantitative estimate of drug-likeness (QED) is 0.885. The van der Waals surface area contributed by atoms with Crippen LogP contribution in [0.4, 0.5) is 0 Å². The number of nitrogens with one attached hydrogen (secondary N) is 1. The topological polar surface area (TPSA) is 32.3 Å². The molecule has 0 aliphatic carbocycles. The Morgan fingerprint density at radius 1 is 1.33 bits per heavy atom. The highest BCUT2D eigenvalue weighted by Gasteiger charge is 2.34. The van der Waals surface area contributed by atoms with Crippen molar-refractivity contribution in [3.05, 3.63) is 35.9 Å². The highest BCUT2D eigenvalue weighted by Crippen LogP contribution is 2.29. The number of carbonyl (C=O) groups excluding carboxylic acids is 1. The number of amides is 1. The largest absolute Gasteiger partial charge is 0.321 e. The third-order valence-electron chi connectivity index (χ3n) is 3.75. The molecule has 1 aliphatic rings. The summed E-state index contributed by atoms with van der Waals surface area (Å²) in [5.74, 6) is 0.199. The van der Waals surface area contributed by atoms with Gasteiger partial charge in [0, 0.05) is 6.54 Å². The van der Waals surface area contributed by atoms with E-state index in [4.69, 9.17) is 0 Å². The van der Waals surface area contributed by atoms with Crippen LogP contribution in [0.2, 0.25) is 0 Å². The first kappa shape index (κ1) is 13.1. The average Bonchev–Trinajstić information content (AvgIpc) is 2.72. The van der Waals surface area contributed by atoms with Crippen LogP contribution in [0.15, 0.2) is 30.3 Å². The Balaban J connectivity index is 2.18. The standard InChI is InChI=1S/C15H22N2O/c1-4-15(2,3)11-17-13(18)10-16-14(17)12-8-6-5-7-9-12/h5-9,14,16H,4,10-11H2,1-3H3. The minimum absolute atomic E-state index is 0.0320. The number of hydrogen-bond acceptors (Lipinski definition) is 2. The molecule has 1 heterocycles. The molecule has 1 saturated heterocycles. The van der Waals surface area contributed by atoms with E-state index in [-0.39, 0.29) is 17.5 Å². The normalized spacial score (nSPS) is 20.5. The van der Waals surface area contributed by atoms with E-state index in [1.54, 1.807) is 0 Å². The Labute approximate surface area is 109 Å². The van der Waals surface area contributed by atoms with Crippen molar-refractivity contribution in [3.8, 4) is 0 Å². The van der Waals surface area contributed by atoms with Gasteiger partial charge in [0.2, 0.25) is 5.91 Å². The zero-order chi connectivity index (χ0) is 13.2. The van der Waals surface area contributed by atoms with Crippen molar-refractivity contribution in [1.29, 1.82) is 0 Å². The summed E-state index contributed by atoms with van der Waals surface area (Å²) in [6, 6.07) is 10.2. The molecule has 0 radical (unpaired) electrons. The van der Waals surface area contributed by atoms with Gasteiger partial charge < -0.3 is 4.90 Å². The summed E-state index contributed by atoms with van der Waals surface area (Å²) in [7, 11) is 0. The van der Waals surface area contributed by atoms with Crippen LogP contribution in [0.3, 0.4) is 0 Å². The van der Waals surface area contributed by atoms with Crippen molar-refractivity contribution in [3.63, 3.8) is 0 Å². The summed E-state index contributed by atoms with van der Waals surface area (Å²) < 4.78 is 0. The SMILES string of the molecule is CCC(C)(C)CN1C(=O)CNC1c1ccccc1. The molecule has 3 heteroatoms. The van der Waals surface area contributed by atoms with E-state index < -0.39 is 0 Å². The fraction of sp³-hybridized carbons (Fsp3) is 0.533. The Bertz CT molecular complexity index is 414. The zero-order valence-electron chi connectivity index (χ0n) is 11.4. The fourth-order valence-electron chi connectivity index (χ4n) is 2.23. The Morgan fingerprint density at radius 3 is 2.61 bits per heavy atom. The van der Waals surface area contributed by atoms with Gasteiger partial charge >= 0.3 is 0 Å². The summed E-state index contributed by atoms with van der Waals surface area (Å²) in [4.78, 5) is 14.0. The minimum atomic E-state index is 0.0320. The monoisotopic (exact) mass is 246 g/mol. The molecule has 0 aromatic heterocycles. The first-order chi connectivity index (χ1) is 8.53. The van der Waals surface area contributed by atoms with Crippen LogP contribution >= 0.6 is 0 Å². The molecule has 1 aromatic carbocycles. The van der Waals surface area contributed by atoms with Crippen molar-refractivity contribution in [1.82, 2.24) is 10.2 Å². The molecular formula is C15H22N2O. The first-order valence-corrected chi connectivity index (χ1v) is 6.61. The summed E-state index contributed by atoms with van der Waals surface area (Å²) in [5, 5.41) is 3.30. The van der Waals surface area contributed by atoms with Crippen LogP contribution in [0.5, 0.6) is 0 Å². The molecule has 1 aliphatic heterocycles. The zero-order valence-corrected chi connectivity index (χ0v) is 11.4. The highest BCUT2D eigenvalue weighted by atomic mass is 16.2. The molecule has 1 N–H and O–H groups in total. The van der Waals surface area contributed by atoms with Crippen LogP contribution in [0, 0.1) is 5.41 Å². The van der Waals surface area contributed by atoms with Crippen molar-refractivity contribution in [2.24, 2.45) is 5.41 Å². The highest BCUT2D eigenvalue weighted by molar-refractivity contribution is 5.81. The Kier molecular flexibility index (Phi) is 3.71. The summed E-state index contributed by atoms with van der Waals surface area (Å²) in [6.45, 7) is 7.83. The van der Waals surface area contributed by atoms with Crippen molar-refractivity contribution in [2.45, 2.75) is 33.4 Å². The molecule has 18 heavy (non-hydrogen) atoms. The first-order valence-electron chi connectivity index (χ1n) is 6.61. The molecule has 1 fully saturated rings. The van der Waals surface area contributed by atoms with E-state index in [0.29, 0.717) is 6.54 Å². The maximum Gasteiger partial charge on any atom is 0.238 e. The number of rotatable bonds is 4. The van der Waals surface area contributed by atoms with Gasteiger partial charge in [0.05, 0.1) is 6.54 Å². The molecule has 0 bridgehead atoms. The van der Waals surface area contributed by atoms with E-state index in [1.165, 1.54) is 0 Å². The Morgan fingerprint density at radius 2 is 2.00 bits per heavy atom. The molecule has 0 saturated carbocycles. The van der Waals surface area contributed by atoms with Gasteiger partial charge in [-0.25, -0.2) is 0 Å². The van der Waals surface area contributed by atoms with Crippen LogP contribution in [0.25, 0.3) is 0 Å². The lowest BCUT2D eigenvalue weighted by molar-refractivity contribution is -0.129.